The van der Waals surface area contributed by atoms with E-state index in [9.17, 15) is 14.9 Å². The number of nitro groups is 1. The third-order valence-electron chi connectivity index (χ3n) is 3.66. The van der Waals surface area contributed by atoms with Crippen LogP contribution < -0.4 is 5.32 Å². The van der Waals surface area contributed by atoms with Gasteiger partial charge >= 0.3 is 0 Å². The first-order valence-corrected chi connectivity index (χ1v) is 7.56. The number of carbonyl (C=O) groups is 1. The Balaban J connectivity index is 1.55. The minimum absolute atomic E-state index is 0.0166. The standard InChI is InChI=1S/C17H16N4O3/c22-17(11-12-5-1-4-8-15(12)21(23)24)18-10-9-16-19-13-6-2-3-7-14(13)20-16/h1-8H,9-11H2,(H,18,22)(H,19,20). The van der Waals surface area contributed by atoms with Gasteiger partial charge in [-0.3, -0.25) is 14.9 Å². The van der Waals surface area contributed by atoms with Gasteiger partial charge in [0.1, 0.15) is 5.82 Å². The molecule has 0 spiro atoms. The largest absolute Gasteiger partial charge is 0.355 e. The summed E-state index contributed by atoms with van der Waals surface area (Å²) in [7, 11) is 0. The maximum Gasteiger partial charge on any atom is 0.273 e. The van der Waals surface area contributed by atoms with Gasteiger partial charge in [0.25, 0.3) is 5.69 Å². The van der Waals surface area contributed by atoms with Crippen LogP contribution >= 0.6 is 0 Å². The lowest BCUT2D eigenvalue weighted by Gasteiger charge is -2.05. The third kappa shape index (κ3) is 3.57. The summed E-state index contributed by atoms with van der Waals surface area (Å²) >= 11 is 0. The second-order valence-corrected chi connectivity index (χ2v) is 5.36. The molecule has 1 heterocycles. The summed E-state index contributed by atoms with van der Waals surface area (Å²) in [5.74, 6) is 0.544. The van der Waals surface area contributed by atoms with Crippen molar-refractivity contribution in [1.82, 2.24) is 15.3 Å². The zero-order chi connectivity index (χ0) is 16.9. The van der Waals surface area contributed by atoms with Gasteiger partial charge in [-0.2, -0.15) is 0 Å². The number of nitro benzene ring substituents is 1. The fourth-order valence-corrected chi connectivity index (χ4v) is 2.52. The average Bonchev–Trinajstić information content (AvgIpc) is 2.97. The highest BCUT2D eigenvalue weighted by atomic mass is 16.6. The van der Waals surface area contributed by atoms with Crippen LogP contribution in [0.5, 0.6) is 0 Å². The van der Waals surface area contributed by atoms with Gasteiger partial charge in [-0.1, -0.05) is 30.3 Å². The van der Waals surface area contributed by atoms with Gasteiger partial charge in [0.2, 0.25) is 5.91 Å². The second-order valence-electron chi connectivity index (χ2n) is 5.36. The molecule has 1 amide bonds. The number of carbonyl (C=O) groups excluding carboxylic acids is 1. The Bertz CT molecular complexity index is 855. The highest BCUT2D eigenvalue weighted by Gasteiger charge is 2.15. The van der Waals surface area contributed by atoms with Gasteiger partial charge in [-0.05, 0) is 12.1 Å². The van der Waals surface area contributed by atoms with E-state index in [-0.39, 0.29) is 18.0 Å². The van der Waals surface area contributed by atoms with E-state index in [1.165, 1.54) is 6.07 Å². The molecule has 3 aromatic rings. The Morgan fingerprint density at radius 1 is 1.17 bits per heavy atom. The van der Waals surface area contributed by atoms with E-state index in [1.54, 1.807) is 18.2 Å². The summed E-state index contributed by atoms with van der Waals surface area (Å²) in [6.45, 7) is 0.416. The molecule has 0 aliphatic heterocycles. The van der Waals surface area contributed by atoms with Crippen LogP contribution in [0, 0.1) is 10.1 Å². The van der Waals surface area contributed by atoms with Crippen molar-refractivity contribution < 1.29 is 9.72 Å². The minimum Gasteiger partial charge on any atom is -0.355 e. The van der Waals surface area contributed by atoms with E-state index in [2.05, 4.69) is 15.3 Å². The van der Waals surface area contributed by atoms with Crippen molar-refractivity contribution >= 4 is 22.6 Å². The van der Waals surface area contributed by atoms with Crippen molar-refractivity contribution in [2.75, 3.05) is 6.54 Å². The molecule has 1 aromatic heterocycles. The first-order valence-electron chi connectivity index (χ1n) is 7.56. The lowest BCUT2D eigenvalue weighted by Crippen LogP contribution is -2.27. The van der Waals surface area contributed by atoms with Crippen LogP contribution in [-0.2, 0) is 17.6 Å². The molecule has 7 heteroatoms. The molecule has 2 aromatic carbocycles. The van der Waals surface area contributed by atoms with Gasteiger partial charge in [-0.15, -0.1) is 0 Å². The minimum atomic E-state index is -0.475. The molecule has 0 bridgehead atoms. The number of imidazole rings is 1. The van der Waals surface area contributed by atoms with E-state index in [0.29, 0.717) is 18.5 Å². The van der Waals surface area contributed by atoms with E-state index >= 15 is 0 Å². The van der Waals surface area contributed by atoms with Crippen molar-refractivity contribution in [3.05, 3.63) is 70.0 Å². The summed E-state index contributed by atoms with van der Waals surface area (Å²) in [6, 6.07) is 14.0. The number of amides is 1. The molecule has 24 heavy (non-hydrogen) atoms. The number of aromatic amines is 1. The summed E-state index contributed by atoms with van der Waals surface area (Å²) < 4.78 is 0. The van der Waals surface area contributed by atoms with Crippen LogP contribution in [0.3, 0.4) is 0 Å². The predicted molar refractivity (Wildman–Crippen MR) is 89.6 cm³/mol. The number of H-pyrrole nitrogens is 1. The molecule has 7 nitrogen and oxygen atoms in total. The normalized spacial score (nSPS) is 10.7. The Hall–Kier alpha value is -3.22. The van der Waals surface area contributed by atoms with E-state index in [1.807, 2.05) is 24.3 Å². The van der Waals surface area contributed by atoms with Gasteiger partial charge in [0.05, 0.1) is 22.4 Å². The van der Waals surface area contributed by atoms with E-state index in [4.69, 9.17) is 0 Å². The smallest absolute Gasteiger partial charge is 0.273 e. The maximum absolute atomic E-state index is 12.0. The molecule has 0 saturated heterocycles. The van der Waals surface area contributed by atoms with Crippen LogP contribution in [0.1, 0.15) is 11.4 Å². The first kappa shape index (κ1) is 15.7. The predicted octanol–water partition coefficient (Wildman–Crippen LogP) is 2.37. The molecule has 0 atom stereocenters. The van der Waals surface area contributed by atoms with Gasteiger partial charge < -0.3 is 10.3 Å². The number of hydrogen-bond donors (Lipinski definition) is 2. The summed E-state index contributed by atoms with van der Waals surface area (Å²) in [5, 5.41) is 13.7. The third-order valence-corrected chi connectivity index (χ3v) is 3.66. The lowest BCUT2D eigenvalue weighted by atomic mass is 10.1. The van der Waals surface area contributed by atoms with Crippen molar-refractivity contribution in [3.63, 3.8) is 0 Å². The first-order chi connectivity index (χ1) is 11.6. The lowest BCUT2D eigenvalue weighted by molar-refractivity contribution is -0.385. The average molecular weight is 324 g/mol. The summed E-state index contributed by atoms with van der Waals surface area (Å²) in [4.78, 5) is 30.1. The molecule has 122 valence electrons. The monoisotopic (exact) mass is 324 g/mol. The van der Waals surface area contributed by atoms with Crippen molar-refractivity contribution in [2.24, 2.45) is 0 Å². The Morgan fingerprint density at radius 3 is 2.71 bits per heavy atom. The van der Waals surface area contributed by atoms with Gasteiger partial charge in [0, 0.05) is 24.6 Å². The molecule has 0 saturated carbocycles. The van der Waals surface area contributed by atoms with Crippen LogP contribution in [0.15, 0.2) is 48.5 Å². The zero-order valence-corrected chi connectivity index (χ0v) is 12.9. The van der Waals surface area contributed by atoms with E-state index in [0.717, 1.165) is 16.9 Å². The number of aromatic nitrogens is 2. The van der Waals surface area contributed by atoms with Crippen LogP contribution in [-0.4, -0.2) is 27.3 Å². The van der Waals surface area contributed by atoms with E-state index < -0.39 is 4.92 Å². The fourth-order valence-electron chi connectivity index (χ4n) is 2.52. The quantitative estimate of drug-likeness (QED) is 0.537. The maximum atomic E-state index is 12.0. The Kier molecular flexibility index (Phi) is 4.51. The number of nitrogens with zero attached hydrogens (tertiary/aromatic N) is 2. The number of benzene rings is 2. The molecule has 0 fully saturated rings. The molecule has 0 aliphatic carbocycles. The van der Waals surface area contributed by atoms with Gasteiger partial charge in [-0.25, -0.2) is 4.98 Å². The number of nitrogens with one attached hydrogen (secondary N) is 2. The Morgan fingerprint density at radius 2 is 1.92 bits per heavy atom. The highest BCUT2D eigenvalue weighted by Crippen LogP contribution is 2.18. The number of fused-ring (bicyclic) bond motifs is 1. The zero-order valence-electron chi connectivity index (χ0n) is 12.9. The van der Waals surface area contributed by atoms with Crippen LogP contribution in [0.2, 0.25) is 0 Å². The number of rotatable bonds is 6. The van der Waals surface area contributed by atoms with Gasteiger partial charge in [0.15, 0.2) is 0 Å². The van der Waals surface area contributed by atoms with Crippen molar-refractivity contribution in [1.29, 1.82) is 0 Å². The fraction of sp³-hybridized carbons (Fsp3) is 0.176. The number of hydrogen-bond acceptors (Lipinski definition) is 4. The van der Waals surface area contributed by atoms with Crippen LogP contribution in [0.4, 0.5) is 5.69 Å². The van der Waals surface area contributed by atoms with Crippen LogP contribution in [0.25, 0.3) is 11.0 Å². The molecule has 3 rings (SSSR count). The second kappa shape index (κ2) is 6.91. The molecule has 2 N–H and O–H groups in total. The number of para-hydroxylation sites is 3. The SMILES string of the molecule is O=C(Cc1ccccc1[N+](=O)[O-])NCCc1nc2ccccc2[nH]1. The molecular formula is C17H16N4O3. The molecule has 0 unspecified atom stereocenters. The molecular weight excluding hydrogens is 308 g/mol. The molecule has 0 radical (unpaired) electrons. The topological polar surface area (TPSA) is 101 Å². The molecule has 0 aliphatic rings. The van der Waals surface area contributed by atoms with Crippen molar-refractivity contribution in [2.45, 2.75) is 12.8 Å². The highest BCUT2D eigenvalue weighted by molar-refractivity contribution is 5.79. The summed E-state index contributed by atoms with van der Waals surface area (Å²) in [5.41, 5.74) is 2.21. The summed E-state index contributed by atoms with van der Waals surface area (Å²) in [6.07, 6.45) is 0.550. The Labute approximate surface area is 137 Å². The van der Waals surface area contributed by atoms with Crippen molar-refractivity contribution in [3.8, 4) is 0 Å².